The fourth-order valence-corrected chi connectivity index (χ4v) is 2.69. The number of amides is 2. The van der Waals surface area contributed by atoms with Crippen LogP contribution in [0.2, 0.25) is 0 Å². The molecular formula is C18H26N2O2. The lowest BCUT2D eigenvalue weighted by molar-refractivity contribution is -0.126. The van der Waals surface area contributed by atoms with Crippen LogP contribution >= 0.6 is 0 Å². The monoisotopic (exact) mass is 302 g/mol. The number of carbonyl (C=O) groups excluding carboxylic acids is 2. The van der Waals surface area contributed by atoms with Gasteiger partial charge in [-0.15, -0.1) is 0 Å². The fraction of sp³-hybridized carbons (Fsp3) is 0.556. The normalized spacial score (nSPS) is 17.1. The molecule has 1 aromatic carbocycles. The summed E-state index contributed by atoms with van der Waals surface area (Å²) in [5.74, 6) is 0.244. The zero-order valence-electron chi connectivity index (χ0n) is 13.8. The van der Waals surface area contributed by atoms with Crippen LogP contribution < -0.4 is 5.32 Å². The molecule has 0 aliphatic carbocycles. The number of nitrogens with zero attached hydrogens (tertiary/aromatic N) is 1. The lowest BCUT2D eigenvalue weighted by atomic mass is 9.95. The van der Waals surface area contributed by atoms with E-state index in [1.165, 1.54) is 0 Å². The summed E-state index contributed by atoms with van der Waals surface area (Å²) in [5.41, 5.74) is 1.88. The average Bonchev–Trinajstić information content (AvgIpc) is 2.55. The average molecular weight is 302 g/mol. The van der Waals surface area contributed by atoms with Crippen LogP contribution in [0.25, 0.3) is 0 Å². The van der Waals surface area contributed by atoms with E-state index < -0.39 is 0 Å². The molecule has 2 amide bonds. The van der Waals surface area contributed by atoms with E-state index in [-0.39, 0.29) is 23.8 Å². The van der Waals surface area contributed by atoms with Gasteiger partial charge < -0.3 is 10.2 Å². The van der Waals surface area contributed by atoms with E-state index in [1.807, 2.05) is 43.0 Å². The van der Waals surface area contributed by atoms with Crippen LogP contribution in [0, 0.1) is 12.8 Å². The van der Waals surface area contributed by atoms with Crippen molar-refractivity contribution in [3.63, 3.8) is 0 Å². The molecule has 1 atom stereocenters. The van der Waals surface area contributed by atoms with Gasteiger partial charge in [-0.2, -0.15) is 0 Å². The van der Waals surface area contributed by atoms with Gasteiger partial charge in [-0.25, -0.2) is 0 Å². The Morgan fingerprint density at radius 3 is 2.36 bits per heavy atom. The third kappa shape index (κ3) is 4.09. The second kappa shape index (κ2) is 7.43. The predicted octanol–water partition coefficient (Wildman–Crippen LogP) is 2.76. The van der Waals surface area contributed by atoms with Gasteiger partial charge in [0.2, 0.25) is 5.91 Å². The molecule has 1 aliphatic heterocycles. The van der Waals surface area contributed by atoms with Crippen LogP contribution in [0.15, 0.2) is 24.3 Å². The van der Waals surface area contributed by atoms with Crippen LogP contribution in [-0.2, 0) is 4.79 Å². The first-order chi connectivity index (χ1) is 10.5. The number of aryl methyl sites for hydroxylation is 1. The number of hydrogen-bond acceptors (Lipinski definition) is 2. The van der Waals surface area contributed by atoms with E-state index >= 15 is 0 Å². The number of hydrogen-bond donors (Lipinski definition) is 1. The molecule has 0 saturated carbocycles. The van der Waals surface area contributed by atoms with Gasteiger partial charge in [0.15, 0.2) is 0 Å². The number of nitrogens with one attached hydrogen (secondary N) is 1. The van der Waals surface area contributed by atoms with E-state index in [0.29, 0.717) is 13.1 Å². The summed E-state index contributed by atoms with van der Waals surface area (Å²) in [6, 6.07) is 7.89. The molecule has 4 heteroatoms. The van der Waals surface area contributed by atoms with Crippen LogP contribution in [0.3, 0.4) is 0 Å². The minimum Gasteiger partial charge on any atom is -0.353 e. The molecule has 1 aliphatic rings. The summed E-state index contributed by atoms with van der Waals surface area (Å²) in [6.45, 7) is 7.41. The van der Waals surface area contributed by atoms with Crippen molar-refractivity contribution in [3.05, 3.63) is 35.4 Å². The molecular weight excluding hydrogens is 276 g/mol. The summed E-state index contributed by atoms with van der Waals surface area (Å²) in [4.78, 5) is 26.4. The summed E-state index contributed by atoms with van der Waals surface area (Å²) >= 11 is 0. The van der Waals surface area contributed by atoms with Gasteiger partial charge in [-0.1, -0.05) is 24.6 Å². The molecule has 4 nitrogen and oxygen atoms in total. The summed E-state index contributed by atoms with van der Waals surface area (Å²) < 4.78 is 0. The van der Waals surface area contributed by atoms with Crippen molar-refractivity contribution < 1.29 is 9.59 Å². The highest BCUT2D eigenvalue weighted by molar-refractivity contribution is 5.94. The van der Waals surface area contributed by atoms with E-state index in [1.54, 1.807) is 0 Å². The Kier molecular flexibility index (Phi) is 5.58. The lowest BCUT2D eigenvalue weighted by Crippen LogP contribution is -2.44. The minimum atomic E-state index is 0.0380. The molecule has 0 spiro atoms. The van der Waals surface area contributed by atoms with Gasteiger partial charge >= 0.3 is 0 Å². The van der Waals surface area contributed by atoms with Crippen molar-refractivity contribution in [1.29, 1.82) is 0 Å². The predicted molar refractivity (Wildman–Crippen MR) is 87.7 cm³/mol. The highest BCUT2D eigenvalue weighted by atomic mass is 16.2. The Morgan fingerprint density at radius 1 is 1.23 bits per heavy atom. The number of piperidine rings is 1. The van der Waals surface area contributed by atoms with Crippen molar-refractivity contribution in [1.82, 2.24) is 10.2 Å². The Bertz CT molecular complexity index is 516. The van der Waals surface area contributed by atoms with Crippen molar-refractivity contribution in [2.45, 2.75) is 46.1 Å². The molecule has 0 radical (unpaired) electrons. The maximum atomic E-state index is 12.4. The van der Waals surface area contributed by atoms with Crippen molar-refractivity contribution in [3.8, 4) is 0 Å². The Morgan fingerprint density at radius 2 is 1.82 bits per heavy atom. The first-order valence-corrected chi connectivity index (χ1v) is 8.17. The smallest absolute Gasteiger partial charge is 0.253 e. The molecule has 0 bridgehead atoms. The van der Waals surface area contributed by atoms with Gasteiger partial charge in [0, 0.05) is 30.6 Å². The van der Waals surface area contributed by atoms with E-state index in [4.69, 9.17) is 0 Å². The van der Waals surface area contributed by atoms with Gasteiger partial charge in [-0.05, 0) is 45.2 Å². The molecule has 1 fully saturated rings. The number of likely N-dealkylation sites (tertiary alicyclic amines) is 1. The zero-order valence-corrected chi connectivity index (χ0v) is 13.8. The highest BCUT2D eigenvalue weighted by Gasteiger charge is 2.28. The van der Waals surface area contributed by atoms with Crippen LogP contribution in [-0.4, -0.2) is 35.8 Å². The number of rotatable bonds is 4. The summed E-state index contributed by atoms with van der Waals surface area (Å²) in [6.07, 6.45) is 2.44. The molecule has 1 aromatic rings. The Hall–Kier alpha value is -1.84. The van der Waals surface area contributed by atoms with Crippen molar-refractivity contribution in [2.75, 3.05) is 13.1 Å². The highest BCUT2D eigenvalue weighted by Crippen LogP contribution is 2.19. The molecule has 1 saturated heterocycles. The zero-order chi connectivity index (χ0) is 16.1. The Labute approximate surface area is 132 Å². The maximum Gasteiger partial charge on any atom is 0.253 e. The van der Waals surface area contributed by atoms with Gasteiger partial charge in [0.25, 0.3) is 5.91 Å². The van der Waals surface area contributed by atoms with E-state index in [9.17, 15) is 9.59 Å². The minimum absolute atomic E-state index is 0.0380. The molecule has 120 valence electrons. The second-order valence-corrected chi connectivity index (χ2v) is 6.25. The number of benzene rings is 1. The summed E-state index contributed by atoms with van der Waals surface area (Å²) in [7, 11) is 0. The largest absolute Gasteiger partial charge is 0.353 e. The second-order valence-electron chi connectivity index (χ2n) is 6.25. The molecule has 1 heterocycles. The van der Waals surface area contributed by atoms with Gasteiger partial charge in [0.1, 0.15) is 0 Å². The third-order valence-electron chi connectivity index (χ3n) is 4.45. The third-order valence-corrected chi connectivity index (χ3v) is 4.45. The SMILES string of the molecule is CC[C@@H](C)NC(=O)C1CCN(C(=O)c2ccc(C)cc2)CC1. The number of carbonyl (C=O) groups is 2. The van der Waals surface area contributed by atoms with Gasteiger partial charge in [-0.3, -0.25) is 9.59 Å². The first-order valence-electron chi connectivity index (χ1n) is 8.17. The van der Waals surface area contributed by atoms with Crippen molar-refractivity contribution >= 4 is 11.8 Å². The summed E-state index contributed by atoms with van der Waals surface area (Å²) in [5, 5.41) is 3.04. The van der Waals surface area contributed by atoms with E-state index in [0.717, 1.165) is 30.4 Å². The molecule has 22 heavy (non-hydrogen) atoms. The first kappa shape index (κ1) is 16.5. The molecule has 0 aromatic heterocycles. The van der Waals surface area contributed by atoms with E-state index in [2.05, 4.69) is 12.2 Å². The van der Waals surface area contributed by atoms with Crippen LogP contribution in [0.4, 0.5) is 0 Å². The fourth-order valence-electron chi connectivity index (χ4n) is 2.69. The standard InChI is InChI=1S/C18H26N2O2/c1-4-14(3)19-17(21)15-9-11-20(12-10-15)18(22)16-7-5-13(2)6-8-16/h5-8,14-15H,4,9-12H2,1-3H3,(H,19,21)/t14-/m1/s1. The Balaban J connectivity index is 1.87. The molecule has 1 N–H and O–H groups in total. The lowest BCUT2D eigenvalue weighted by Gasteiger charge is -2.32. The van der Waals surface area contributed by atoms with Crippen LogP contribution in [0.5, 0.6) is 0 Å². The topological polar surface area (TPSA) is 49.4 Å². The maximum absolute atomic E-state index is 12.4. The van der Waals surface area contributed by atoms with Crippen LogP contribution in [0.1, 0.15) is 49.0 Å². The molecule has 0 unspecified atom stereocenters. The molecule has 2 rings (SSSR count). The quantitative estimate of drug-likeness (QED) is 0.929. The van der Waals surface area contributed by atoms with Crippen molar-refractivity contribution in [2.24, 2.45) is 5.92 Å². The van der Waals surface area contributed by atoms with Gasteiger partial charge in [0.05, 0.1) is 0 Å².